The van der Waals surface area contributed by atoms with Crippen molar-refractivity contribution in [3.05, 3.63) is 0 Å². The topological polar surface area (TPSA) is 66.8 Å². The van der Waals surface area contributed by atoms with E-state index in [4.69, 9.17) is 27.2 Å². The number of thiocarbonyl (C=S) groups is 1. The first-order valence-electron chi connectivity index (χ1n) is 7.21. The van der Waals surface area contributed by atoms with Gasteiger partial charge < -0.3 is 14.9 Å². The Morgan fingerprint density at radius 2 is 1.81 bits per heavy atom. The number of thiol groups is 1. The number of carbonyl (C=O) groups is 1. The first-order valence-corrected chi connectivity index (χ1v) is 8.07. The fraction of sp³-hybridized carbons (Fsp3) is 0.867. The number of carboxylic acid groups (broad SMARTS) is 1. The minimum Gasteiger partial charge on any atom is -0.502 e. The van der Waals surface area contributed by atoms with Crippen LogP contribution in [0.2, 0.25) is 0 Å². The largest absolute Gasteiger partial charge is 0.502 e. The third kappa shape index (κ3) is 11.0. The molecule has 1 aliphatic rings. The Kier molecular flexibility index (Phi) is 8.81. The van der Waals surface area contributed by atoms with Crippen LogP contribution >= 0.6 is 24.8 Å². The molecule has 1 unspecified atom stereocenters. The zero-order chi connectivity index (χ0) is 16.7. The van der Waals surface area contributed by atoms with Crippen molar-refractivity contribution >= 4 is 35.9 Å². The van der Waals surface area contributed by atoms with Crippen LogP contribution in [0, 0.1) is 5.41 Å². The third-order valence-corrected chi connectivity index (χ3v) is 3.54. The number of aliphatic carboxylic acids is 1. The highest BCUT2D eigenvalue weighted by Crippen LogP contribution is 2.33. The summed E-state index contributed by atoms with van der Waals surface area (Å²) >= 11 is 8.73. The monoisotopic (exact) mass is 336 g/mol. The summed E-state index contributed by atoms with van der Waals surface area (Å²) in [4.78, 5) is 9.97. The Balaban J connectivity index is 0.000000433. The maximum Gasteiger partial charge on any atom is 0.304 e. The number of aliphatic hydroxyl groups excluding tert-OH is 1. The van der Waals surface area contributed by atoms with Crippen LogP contribution in [0.3, 0.4) is 0 Å². The van der Waals surface area contributed by atoms with E-state index in [0.29, 0.717) is 6.42 Å². The van der Waals surface area contributed by atoms with Crippen molar-refractivity contribution in [3.8, 4) is 0 Å². The summed E-state index contributed by atoms with van der Waals surface area (Å²) < 4.78 is 5.29. The van der Waals surface area contributed by atoms with E-state index in [-0.39, 0.29) is 27.7 Å². The Labute approximate surface area is 138 Å². The summed E-state index contributed by atoms with van der Waals surface area (Å²) in [7, 11) is 0. The Hall–Kier alpha value is -0.330. The van der Waals surface area contributed by atoms with Crippen molar-refractivity contribution in [2.45, 2.75) is 70.7 Å². The quantitative estimate of drug-likeness (QED) is 0.522. The second kappa shape index (κ2) is 8.96. The van der Waals surface area contributed by atoms with Gasteiger partial charge in [-0.25, -0.2) is 0 Å². The molecule has 0 saturated carbocycles. The van der Waals surface area contributed by atoms with Crippen LogP contribution in [0.25, 0.3) is 0 Å². The van der Waals surface area contributed by atoms with E-state index in [0.717, 1.165) is 19.4 Å². The molecule has 1 saturated heterocycles. The number of carboxylic acids is 1. The Morgan fingerprint density at radius 3 is 2.10 bits per heavy atom. The fourth-order valence-electron chi connectivity index (χ4n) is 2.23. The van der Waals surface area contributed by atoms with Gasteiger partial charge in [0.25, 0.3) is 0 Å². The van der Waals surface area contributed by atoms with Crippen LogP contribution in [-0.2, 0) is 9.53 Å². The standard InChI is InChI=1S/C10H18O2S.C5H10O2S/c1-10(2,7-9(11)13)8-5-3-4-6-12-8;1-5(2,8)3-4(6)7/h8H,3-7H2,1-2H3,(H,11,13);8H,3H2,1-2H3,(H,6,7). The lowest BCUT2D eigenvalue weighted by Crippen LogP contribution is -2.36. The molecule has 6 heteroatoms. The van der Waals surface area contributed by atoms with Gasteiger partial charge in [-0.3, -0.25) is 4.79 Å². The van der Waals surface area contributed by atoms with Gasteiger partial charge in [-0.2, -0.15) is 12.6 Å². The van der Waals surface area contributed by atoms with E-state index in [1.54, 1.807) is 13.8 Å². The molecule has 124 valence electrons. The van der Waals surface area contributed by atoms with E-state index in [2.05, 4.69) is 26.5 Å². The number of ether oxygens (including phenoxy) is 1. The lowest BCUT2D eigenvalue weighted by Gasteiger charge is -2.36. The maximum atomic E-state index is 9.97. The molecule has 0 aromatic heterocycles. The summed E-state index contributed by atoms with van der Waals surface area (Å²) in [6.07, 6.45) is 4.41. The van der Waals surface area contributed by atoms with Gasteiger partial charge in [0.05, 0.1) is 12.5 Å². The van der Waals surface area contributed by atoms with E-state index < -0.39 is 5.97 Å². The molecule has 0 aromatic carbocycles. The van der Waals surface area contributed by atoms with Gasteiger partial charge in [-0.1, -0.05) is 27.7 Å². The van der Waals surface area contributed by atoms with Crippen molar-refractivity contribution in [2.75, 3.05) is 6.61 Å². The van der Waals surface area contributed by atoms with Gasteiger partial charge in [0, 0.05) is 17.8 Å². The van der Waals surface area contributed by atoms with E-state index in [1.165, 1.54) is 6.42 Å². The van der Waals surface area contributed by atoms with Crippen LogP contribution < -0.4 is 0 Å². The average molecular weight is 337 g/mol. The van der Waals surface area contributed by atoms with Crippen molar-refractivity contribution in [3.63, 3.8) is 0 Å². The highest BCUT2D eigenvalue weighted by molar-refractivity contribution is 7.81. The molecular formula is C15H28O4S2. The zero-order valence-corrected chi connectivity index (χ0v) is 15.1. The molecule has 0 amide bonds. The van der Waals surface area contributed by atoms with Crippen molar-refractivity contribution in [1.29, 1.82) is 0 Å². The summed E-state index contributed by atoms with van der Waals surface area (Å²) in [5.74, 6) is -0.801. The zero-order valence-electron chi connectivity index (χ0n) is 13.4. The number of hydrogen-bond donors (Lipinski definition) is 3. The SMILES string of the molecule is CC(C)(CC(O)=S)C1CCCCO1.CC(C)(S)CC(=O)O. The summed E-state index contributed by atoms with van der Waals surface area (Å²) in [6, 6.07) is 0. The molecule has 1 fully saturated rings. The molecule has 21 heavy (non-hydrogen) atoms. The molecule has 2 N–H and O–H groups in total. The third-order valence-electron chi connectivity index (χ3n) is 3.24. The molecule has 1 heterocycles. The molecule has 1 aliphatic heterocycles. The number of rotatable bonds is 5. The molecule has 1 rings (SSSR count). The minimum absolute atomic E-state index is 0.0216. The molecular weight excluding hydrogens is 308 g/mol. The van der Waals surface area contributed by atoms with Crippen LogP contribution in [0.4, 0.5) is 0 Å². The van der Waals surface area contributed by atoms with Crippen LogP contribution in [-0.4, -0.2) is 38.7 Å². The lowest BCUT2D eigenvalue weighted by atomic mass is 9.80. The van der Waals surface area contributed by atoms with Gasteiger partial charge in [-0.15, -0.1) is 0 Å². The van der Waals surface area contributed by atoms with Crippen LogP contribution in [0.15, 0.2) is 0 Å². The van der Waals surface area contributed by atoms with Gasteiger partial charge in [0.15, 0.2) is 5.05 Å². The second-order valence-electron chi connectivity index (χ2n) is 6.80. The van der Waals surface area contributed by atoms with E-state index in [9.17, 15) is 4.79 Å². The van der Waals surface area contributed by atoms with Crippen LogP contribution in [0.5, 0.6) is 0 Å². The summed E-state index contributed by atoms with van der Waals surface area (Å²) in [5.41, 5.74) is -0.0216. The molecule has 1 atom stereocenters. The number of aliphatic hydroxyl groups is 1. The van der Waals surface area contributed by atoms with E-state index in [1.807, 2.05) is 0 Å². The van der Waals surface area contributed by atoms with Gasteiger partial charge in [0.2, 0.25) is 0 Å². The van der Waals surface area contributed by atoms with E-state index >= 15 is 0 Å². The summed E-state index contributed by atoms with van der Waals surface area (Å²) in [5, 5.41) is 17.4. The molecule has 0 bridgehead atoms. The number of hydrogen-bond acceptors (Lipinski definition) is 4. The fourth-order valence-corrected chi connectivity index (χ4v) is 2.74. The highest BCUT2D eigenvalue weighted by Gasteiger charge is 2.32. The predicted molar refractivity (Wildman–Crippen MR) is 92.5 cm³/mol. The predicted octanol–water partition coefficient (Wildman–Crippen LogP) is 4.03. The maximum absolute atomic E-state index is 9.97. The normalized spacial score (nSPS) is 19.4. The first kappa shape index (κ1) is 20.7. The molecule has 0 aromatic rings. The average Bonchev–Trinajstić information content (AvgIpc) is 2.25. The molecule has 4 nitrogen and oxygen atoms in total. The Morgan fingerprint density at radius 1 is 1.24 bits per heavy atom. The molecule has 0 spiro atoms. The highest BCUT2D eigenvalue weighted by atomic mass is 32.1. The Bertz CT molecular complexity index is 342. The van der Waals surface area contributed by atoms with Gasteiger partial charge >= 0.3 is 5.97 Å². The van der Waals surface area contributed by atoms with Gasteiger partial charge in [0.1, 0.15) is 0 Å². The van der Waals surface area contributed by atoms with Gasteiger partial charge in [-0.05, 0) is 36.9 Å². The molecule has 0 aliphatic carbocycles. The smallest absolute Gasteiger partial charge is 0.304 e. The van der Waals surface area contributed by atoms with Crippen molar-refractivity contribution in [1.82, 2.24) is 0 Å². The summed E-state index contributed by atoms with van der Waals surface area (Å²) in [6.45, 7) is 8.60. The van der Waals surface area contributed by atoms with Crippen molar-refractivity contribution < 1.29 is 19.7 Å². The second-order valence-corrected chi connectivity index (χ2v) is 8.48. The van der Waals surface area contributed by atoms with Crippen LogP contribution in [0.1, 0.15) is 59.8 Å². The minimum atomic E-state index is -0.801. The lowest BCUT2D eigenvalue weighted by molar-refractivity contribution is -0.137. The molecule has 0 radical (unpaired) electrons. The van der Waals surface area contributed by atoms with Crippen molar-refractivity contribution in [2.24, 2.45) is 5.41 Å². The first-order chi connectivity index (χ1) is 9.44.